The van der Waals surface area contributed by atoms with Gasteiger partial charge in [-0.05, 0) is 74.8 Å². The van der Waals surface area contributed by atoms with E-state index in [0.717, 1.165) is 53.8 Å². The van der Waals surface area contributed by atoms with Crippen LogP contribution in [-0.4, -0.2) is 29.2 Å². The number of amides is 1. The standard InChI is InChI=1S/C30H42N2O4/c1-7-30(4,5)17-20-13-23(14-20)29-27(21-9-10-21)28(31-36-29)22(16-26(34)35)15-25(33)32(6)24-11-8-18(2)12-19(24)3/h8,11-12,20-23H,7,9-10,13-17H2,1-6H3,(H,34,35). The lowest BCUT2D eigenvalue weighted by Gasteiger charge is -2.39. The van der Waals surface area contributed by atoms with E-state index in [1.54, 1.807) is 11.9 Å². The number of hydrogen-bond acceptors (Lipinski definition) is 4. The summed E-state index contributed by atoms with van der Waals surface area (Å²) in [5, 5.41) is 14.1. The Morgan fingerprint density at radius 2 is 1.86 bits per heavy atom. The van der Waals surface area contributed by atoms with E-state index in [1.165, 1.54) is 12.8 Å². The van der Waals surface area contributed by atoms with Crippen LogP contribution in [0.25, 0.3) is 0 Å². The van der Waals surface area contributed by atoms with Crippen molar-refractivity contribution in [1.29, 1.82) is 0 Å². The minimum absolute atomic E-state index is 0.0970. The smallest absolute Gasteiger partial charge is 0.304 e. The van der Waals surface area contributed by atoms with E-state index in [2.05, 4.69) is 32.0 Å². The molecule has 4 rings (SSSR count). The summed E-state index contributed by atoms with van der Waals surface area (Å²) in [6, 6.07) is 5.99. The van der Waals surface area contributed by atoms with Crippen molar-refractivity contribution < 1.29 is 19.2 Å². The fourth-order valence-electron chi connectivity index (χ4n) is 5.88. The number of nitrogens with zero attached hydrogens (tertiary/aromatic N) is 2. The zero-order chi connectivity index (χ0) is 26.2. The number of aromatic nitrogens is 1. The molecule has 1 N–H and O–H groups in total. The third-order valence-electron chi connectivity index (χ3n) is 8.49. The Morgan fingerprint density at radius 1 is 1.17 bits per heavy atom. The van der Waals surface area contributed by atoms with Crippen molar-refractivity contribution in [3.63, 3.8) is 0 Å². The quantitative estimate of drug-likeness (QED) is 0.360. The SMILES string of the molecule is CCC(C)(C)CC1CC(c2onc(C(CC(=O)O)CC(=O)N(C)c3ccc(C)cc3C)c2C2CC2)C1. The Labute approximate surface area is 215 Å². The van der Waals surface area contributed by atoms with E-state index >= 15 is 0 Å². The second-order valence-electron chi connectivity index (χ2n) is 12.1. The highest BCUT2D eigenvalue weighted by molar-refractivity contribution is 5.94. The fraction of sp³-hybridized carbons (Fsp3) is 0.633. The molecule has 0 spiro atoms. The molecule has 6 heteroatoms. The number of aliphatic carboxylic acids is 1. The first kappa shape index (κ1) is 26.4. The largest absolute Gasteiger partial charge is 0.481 e. The van der Waals surface area contributed by atoms with Crippen molar-refractivity contribution in [2.75, 3.05) is 11.9 Å². The molecule has 2 aliphatic carbocycles. The predicted octanol–water partition coefficient (Wildman–Crippen LogP) is 7.10. The monoisotopic (exact) mass is 494 g/mol. The van der Waals surface area contributed by atoms with Gasteiger partial charge in [0.05, 0.1) is 12.1 Å². The zero-order valence-corrected chi connectivity index (χ0v) is 22.8. The van der Waals surface area contributed by atoms with Gasteiger partial charge in [-0.2, -0.15) is 0 Å². The first-order chi connectivity index (χ1) is 17.0. The van der Waals surface area contributed by atoms with Gasteiger partial charge in [0, 0.05) is 36.6 Å². The lowest BCUT2D eigenvalue weighted by Crippen LogP contribution is -2.29. The highest BCUT2D eigenvalue weighted by Crippen LogP contribution is 2.53. The summed E-state index contributed by atoms with van der Waals surface area (Å²) in [6.07, 6.45) is 6.74. The van der Waals surface area contributed by atoms with Gasteiger partial charge in [0.2, 0.25) is 5.91 Å². The number of rotatable bonds is 11. The van der Waals surface area contributed by atoms with Crippen molar-refractivity contribution in [2.45, 2.75) is 104 Å². The molecule has 1 atom stereocenters. The van der Waals surface area contributed by atoms with Crippen LogP contribution in [0.2, 0.25) is 0 Å². The number of benzene rings is 1. The first-order valence-corrected chi connectivity index (χ1v) is 13.5. The Morgan fingerprint density at radius 3 is 2.44 bits per heavy atom. The van der Waals surface area contributed by atoms with Gasteiger partial charge >= 0.3 is 5.97 Å². The fourth-order valence-corrected chi connectivity index (χ4v) is 5.88. The molecule has 2 aliphatic rings. The van der Waals surface area contributed by atoms with Gasteiger partial charge < -0.3 is 14.5 Å². The molecule has 6 nitrogen and oxygen atoms in total. The predicted molar refractivity (Wildman–Crippen MR) is 142 cm³/mol. The summed E-state index contributed by atoms with van der Waals surface area (Å²) < 4.78 is 5.96. The van der Waals surface area contributed by atoms with Crippen molar-refractivity contribution in [1.82, 2.24) is 5.16 Å². The molecular formula is C30H42N2O4. The molecule has 2 aromatic rings. The number of aryl methyl sites for hydroxylation is 2. The van der Waals surface area contributed by atoms with E-state index < -0.39 is 11.9 Å². The summed E-state index contributed by atoms with van der Waals surface area (Å²) >= 11 is 0. The van der Waals surface area contributed by atoms with Gasteiger partial charge in [-0.15, -0.1) is 0 Å². The van der Waals surface area contributed by atoms with Crippen LogP contribution in [0.3, 0.4) is 0 Å². The van der Waals surface area contributed by atoms with Gasteiger partial charge in [0.25, 0.3) is 0 Å². The molecule has 1 aromatic heterocycles. The second kappa shape index (κ2) is 10.4. The van der Waals surface area contributed by atoms with Gasteiger partial charge in [-0.1, -0.05) is 50.0 Å². The minimum atomic E-state index is -0.918. The zero-order valence-electron chi connectivity index (χ0n) is 22.8. The topological polar surface area (TPSA) is 83.6 Å². The molecule has 2 fully saturated rings. The molecule has 0 bridgehead atoms. The molecule has 0 aliphatic heterocycles. The van der Waals surface area contributed by atoms with E-state index in [-0.39, 0.29) is 18.7 Å². The molecule has 2 saturated carbocycles. The average Bonchev–Trinajstić information content (AvgIpc) is 3.53. The lowest BCUT2D eigenvalue weighted by molar-refractivity contribution is -0.137. The maximum atomic E-state index is 13.3. The number of carboxylic acid groups (broad SMARTS) is 1. The van der Waals surface area contributed by atoms with Crippen LogP contribution in [-0.2, 0) is 9.59 Å². The number of anilines is 1. The first-order valence-electron chi connectivity index (χ1n) is 13.5. The van der Waals surface area contributed by atoms with Crippen LogP contribution >= 0.6 is 0 Å². The van der Waals surface area contributed by atoms with Crippen LogP contribution in [0.15, 0.2) is 22.7 Å². The van der Waals surface area contributed by atoms with E-state index in [0.29, 0.717) is 28.9 Å². The van der Waals surface area contributed by atoms with Gasteiger partial charge in [-0.25, -0.2) is 0 Å². The van der Waals surface area contributed by atoms with Crippen molar-refractivity contribution in [3.05, 3.63) is 46.3 Å². The van der Waals surface area contributed by atoms with Crippen LogP contribution in [0, 0.1) is 25.2 Å². The molecule has 196 valence electrons. The third-order valence-corrected chi connectivity index (χ3v) is 8.49. The highest BCUT2D eigenvalue weighted by Gasteiger charge is 2.43. The molecular weight excluding hydrogens is 452 g/mol. The molecule has 1 amide bonds. The third kappa shape index (κ3) is 5.84. The summed E-state index contributed by atoms with van der Waals surface area (Å²) in [7, 11) is 1.76. The maximum Gasteiger partial charge on any atom is 0.304 e. The van der Waals surface area contributed by atoms with Crippen LogP contribution in [0.4, 0.5) is 5.69 Å². The number of carboxylic acids is 1. The lowest BCUT2D eigenvalue weighted by atomic mass is 9.66. The van der Waals surface area contributed by atoms with Gasteiger partial charge in [0.1, 0.15) is 5.76 Å². The Bertz CT molecular complexity index is 1110. The van der Waals surface area contributed by atoms with Gasteiger partial charge in [-0.3, -0.25) is 9.59 Å². The normalized spacial score (nSPS) is 20.6. The van der Waals surface area contributed by atoms with Crippen molar-refractivity contribution in [2.24, 2.45) is 11.3 Å². The molecule has 1 unspecified atom stereocenters. The van der Waals surface area contributed by atoms with E-state index in [1.807, 2.05) is 26.0 Å². The molecule has 1 heterocycles. The summed E-state index contributed by atoms with van der Waals surface area (Å²) in [4.78, 5) is 26.8. The Hall–Kier alpha value is -2.63. The van der Waals surface area contributed by atoms with Crippen molar-refractivity contribution >= 4 is 17.6 Å². The van der Waals surface area contributed by atoms with Crippen molar-refractivity contribution in [3.8, 4) is 0 Å². The Kier molecular flexibility index (Phi) is 7.63. The Balaban J connectivity index is 1.53. The number of hydrogen-bond donors (Lipinski definition) is 1. The van der Waals surface area contributed by atoms with Crippen LogP contribution < -0.4 is 4.90 Å². The average molecular weight is 495 g/mol. The van der Waals surface area contributed by atoms with E-state index in [9.17, 15) is 14.7 Å². The van der Waals surface area contributed by atoms with E-state index in [4.69, 9.17) is 4.52 Å². The minimum Gasteiger partial charge on any atom is -0.481 e. The molecule has 0 radical (unpaired) electrons. The summed E-state index contributed by atoms with van der Waals surface area (Å²) in [6.45, 7) is 10.9. The second-order valence-corrected chi connectivity index (χ2v) is 12.1. The number of carbonyl (C=O) groups excluding carboxylic acids is 1. The highest BCUT2D eigenvalue weighted by atomic mass is 16.5. The maximum absolute atomic E-state index is 13.3. The molecule has 1 aromatic carbocycles. The van der Waals surface area contributed by atoms with Crippen LogP contribution in [0.1, 0.15) is 118 Å². The van der Waals surface area contributed by atoms with Crippen LogP contribution in [0.5, 0.6) is 0 Å². The summed E-state index contributed by atoms with van der Waals surface area (Å²) in [5.41, 5.74) is 5.18. The number of carbonyl (C=O) groups is 2. The summed E-state index contributed by atoms with van der Waals surface area (Å²) in [5.74, 6) is 0.890. The molecule has 36 heavy (non-hydrogen) atoms. The van der Waals surface area contributed by atoms with Gasteiger partial charge in [0.15, 0.2) is 0 Å². The molecule has 0 saturated heterocycles.